The largest absolute Gasteiger partial charge is 0.482 e. The predicted octanol–water partition coefficient (Wildman–Crippen LogP) is 2.56. The Morgan fingerprint density at radius 1 is 1.03 bits per heavy atom. The number of benzene rings is 2. The van der Waals surface area contributed by atoms with E-state index in [4.69, 9.17) is 23.4 Å². The highest BCUT2D eigenvalue weighted by molar-refractivity contribution is 5.93. The fraction of sp³-hybridized carbons (Fsp3) is 0.250. The van der Waals surface area contributed by atoms with E-state index in [1.54, 1.807) is 19.1 Å². The lowest BCUT2D eigenvalue weighted by atomic mass is 10.1. The fourth-order valence-electron chi connectivity index (χ4n) is 3.18. The van der Waals surface area contributed by atoms with E-state index >= 15 is 0 Å². The molecule has 0 spiro atoms. The van der Waals surface area contributed by atoms with Crippen LogP contribution in [0.2, 0.25) is 0 Å². The van der Waals surface area contributed by atoms with Crippen LogP contribution in [0.3, 0.4) is 0 Å². The number of aromatic nitrogens is 2. The highest BCUT2D eigenvalue weighted by Gasteiger charge is 2.34. The zero-order chi connectivity index (χ0) is 19.8. The van der Waals surface area contributed by atoms with Crippen molar-refractivity contribution in [2.45, 2.75) is 25.6 Å². The van der Waals surface area contributed by atoms with Crippen LogP contribution in [0.1, 0.15) is 18.4 Å². The van der Waals surface area contributed by atoms with E-state index in [-0.39, 0.29) is 12.8 Å². The van der Waals surface area contributed by atoms with Crippen LogP contribution in [0.15, 0.2) is 46.9 Å². The summed E-state index contributed by atoms with van der Waals surface area (Å²) in [6, 6.07) is 12.8. The van der Waals surface area contributed by atoms with Crippen molar-refractivity contribution in [2.75, 3.05) is 12.1 Å². The van der Waals surface area contributed by atoms with E-state index in [1.165, 1.54) is 0 Å². The second-order valence-corrected chi connectivity index (χ2v) is 6.66. The van der Waals surface area contributed by atoms with Gasteiger partial charge < -0.3 is 23.4 Å². The lowest BCUT2D eigenvalue weighted by molar-refractivity contribution is -0.128. The molecule has 148 valence electrons. The summed E-state index contributed by atoms with van der Waals surface area (Å²) in [7, 11) is 0. The number of fused-ring (bicyclic) bond motifs is 2. The van der Waals surface area contributed by atoms with E-state index in [9.17, 15) is 4.79 Å². The monoisotopic (exact) mass is 395 g/mol. The van der Waals surface area contributed by atoms with E-state index in [0.717, 1.165) is 5.56 Å². The summed E-state index contributed by atoms with van der Waals surface area (Å²) >= 11 is 0. The van der Waals surface area contributed by atoms with Crippen LogP contribution in [0.25, 0.3) is 0 Å². The number of carbonyl (C=O) groups excluding carboxylic acids is 1. The highest BCUT2D eigenvalue weighted by Crippen LogP contribution is 2.34. The fourth-order valence-corrected chi connectivity index (χ4v) is 3.18. The first-order valence-electron chi connectivity index (χ1n) is 9.10. The van der Waals surface area contributed by atoms with Crippen molar-refractivity contribution in [3.63, 3.8) is 0 Å². The molecule has 0 fully saturated rings. The zero-order valence-electron chi connectivity index (χ0n) is 15.5. The number of hydrogen-bond donors (Lipinski definition) is 1. The molecule has 1 N–H and O–H groups in total. The average Bonchev–Trinajstić information content (AvgIpc) is 3.36. The van der Waals surface area contributed by atoms with Gasteiger partial charge in [0.25, 0.3) is 5.91 Å². The molecule has 0 aliphatic carbocycles. The first kappa shape index (κ1) is 17.4. The SMILES string of the molecule is CC1Oc2ccccc2OC1C(=O)Nc1nnc(Cc2ccc3c(c2)OCO3)o1. The number of para-hydroxylation sites is 2. The van der Waals surface area contributed by atoms with Crippen molar-refractivity contribution in [3.8, 4) is 23.0 Å². The van der Waals surface area contributed by atoms with Crippen LogP contribution in [-0.2, 0) is 11.2 Å². The number of amides is 1. The van der Waals surface area contributed by atoms with Gasteiger partial charge in [-0.3, -0.25) is 10.1 Å². The molecule has 0 radical (unpaired) electrons. The molecule has 2 aliphatic rings. The molecule has 0 saturated heterocycles. The minimum absolute atomic E-state index is 0.000372. The van der Waals surface area contributed by atoms with Gasteiger partial charge in [-0.2, -0.15) is 0 Å². The second kappa shape index (κ2) is 7.01. The standard InChI is InChI=1S/C20H17N3O6/c1-11-18(28-15-5-3-2-4-14(15)27-11)19(24)21-20-23-22-17(29-20)9-12-6-7-13-16(8-12)26-10-25-13/h2-8,11,18H,9-10H2,1H3,(H,21,23,24). The van der Waals surface area contributed by atoms with Crippen LogP contribution >= 0.6 is 0 Å². The number of anilines is 1. The third-order valence-corrected chi connectivity index (χ3v) is 4.59. The second-order valence-electron chi connectivity index (χ2n) is 6.66. The maximum atomic E-state index is 12.6. The molecule has 5 rings (SSSR count). The number of rotatable bonds is 4. The van der Waals surface area contributed by atoms with Crippen LogP contribution < -0.4 is 24.3 Å². The Labute approximate surface area is 165 Å². The Kier molecular flexibility index (Phi) is 4.19. The van der Waals surface area contributed by atoms with Gasteiger partial charge in [-0.05, 0) is 36.8 Å². The molecule has 2 unspecified atom stereocenters. The van der Waals surface area contributed by atoms with Crippen LogP contribution in [0.4, 0.5) is 6.01 Å². The molecule has 1 aromatic heterocycles. The third kappa shape index (κ3) is 3.42. The first-order valence-corrected chi connectivity index (χ1v) is 9.10. The molecule has 2 atom stereocenters. The predicted molar refractivity (Wildman–Crippen MR) is 99.2 cm³/mol. The molecule has 2 aromatic carbocycles. The van der Waals surface area contributed by atoms with Crippen LogP contribution in [-0.4, -0.2) is 35.1 Å². The molecular weight excluding hydrogens is 378 g/mol. The minimum atomic E-state index is -0.839. The molecule has 0 saturated carbocycles. The highest BCUT2D eigenvalue weighted by atomic mass is 16.7. The lowest BCUT2D eigenvalue weighted by Crippen LogP contribution is -2.46. The Morgan fingerprint density at radius 3 is 2.69 bits per heavy atom. The maximum Gasteiger partial charge on any atom is 0.322 e. The van der Waals surface area contributed by atoms with E-state index in [1.807, 2.05) is 30.3 Å². The van der Waals surface area contributed by atoms with Gasteiger partial charge >= 0.3 is 6.01 Å². The van der Waals surface area contributed by atoms with Gasteiger partial charge in [0, 0.05) is 0 Å². The molecule has 3 heterocycles. The summed E-state index contributed by atoms with van der Waals surface area (Å²) in [5, 5.41) is 10.5. The molecule has 1 amide bonds. The molecule has 2 aliphatic heterocycles. The molecule has 9 heteroatoms. The van der Waals surface area contributed by atoms with Crippen LogP contribution in [0.5, 0.6) is 23.0 Å². The topological polar surface area (TPSA) is 105 Å². The Bertz CT molecular complexity index is 1070. The number of nitrogens with zero attached hydrogens (tertiary/aromatic N) is 2. The number of nitrogens with one attached hydrogen (secondary N) is 1. The first-order chi connectivity index (χ1) is 14.2. The summed E-state index contributed by atoms with van der Waals surface area (Å²) in [5.74, 6) is 2.44. The Hall–Kier alpha value is -3.75. The molecular formula is C20H17N3O6. The van der Waals surface area contributed by atoms with Crippen molar-refractivity contribution in [2.24, 2.45) is 0 Å². The molecule has 0 bridgehead atoms. The van der Waals surface area contributed by atoms with Crippen LogP contribution in [0, 0.1) is 0 Å². The summed E-state index contributed by atoms with van der Waals surface area (Å²) in [4.78, 5) is 12.6. The van der Waals surface area contributed by atoms with Gasteiger partial charge in [0.15, 0.2) is 23.0 Å². The summed E-state index contributed by atoms with van der Waals surface area (Å²) in [6.07, 6.45) is -0.915. The summed E-state index contributed by atoms with van der Waals surface area (Å²) in [5.41, 5.74) is 0.921. The lowest BCUT2D eigenvalue weighted by Gasteiger charge is -2.30. The van der Waals surface area contributed by atoms with Gasteiger partial charge in [0.05, 0.1) is 6.42 Å². The molecule has 9 nitrogen and oxygen atoms in total. The average molecular weight is 395 g/mol. The smallest absolute Gasteiger partial charge is 0.322 e. The van der Waals surface area contributed by atoms with Gasteiger partial charge in [0.1, 0.15) is 6.10 Å². The quantitative estimate of drug-likeness (QED) is 0.719. The third-order valence-electron chi connectivity index (χ3n) is 4.59. The Morgan fingerprint density at radius 2 is 1.83 bits per heavy atom. The molecule has 29 heavy (non-hydrogen) atoms. The minimum Gasteiger partial charge on any atom is -0.482 e. The summed E-state index contributed by atoms with van der Waals surface area (Å²) < 4.78 is 27.7. The van der Waals surface area contributed by atoms with Crippen molar-refractivity contribution in [3.05, 3.63) is 53.9 Å². The van der Waals surface area contributed by atoms with E-state index in [2.05, 4.69) is 15.5 Å². The zero-order valence-corrected chi connectivity index (χ0v) is 15.5. The van der Waals surface area contributed by atoms with E-state index < -0.39 is 18.1 Å². The summed E-state index contributed by atoms with van der Waals surface area (Å²) in [6.45, 7) is 1.98. The van der Waals surface area contributed by atoms with Gasteiger partial charge in [-0.25, -0.2) is 0 Å². The number of ether oxygens (including phenoxy) is 4. The maximum absolute atomic E-state index is 12.6. The number of hydrogen-bond acceptors (Lipinski definition) is 8. The van der Waals surface area contributed by atoms with Gasteiger partial charge in [-0.15, -0.1) is 5.10 Å². The van der Waals surface area contributed by atoms with E-state index in [0.29, 0.717) is 35.3 Å². The van der Waals surface area contributed by atoms with Gasteiger partial charge in [0.2, 0.25) is 18.8 Å². The normalized spacial score (nSPS) is 19.1. The van der Waals surface area contributed by atoms with Gasteiger partial charge in [-0.1, -0.05) is 23.3 Å². The van der Waals surface area contributed by atoms with Crippen molar-refractivity contribution in [1.29, 1.82) is 0 Å². The molecule has 3 aromatic rings. The number of carbonyl (C=O) groups is 1. The van der Waals surface area contributed by atoms with Crippen molar-refractivity contribution < 1.29 is 28.2 Å². The Balaban J connectivity index is 1.25. The van der Waals surface area contributed by atoms with Crippen molar-refractivity contribution in [1.82, 2.24) is 10.2 Å². The van der Waals surface area contributed by atoms with Crippen molar-refractivity contribution >= 4 is 11.9 Å².